The Bertz CT molecular complexity index is 746. The summed E-state index contributed by atoms with van der Waals surface area (Å²) in [7, 11) is 0. The third kappa shape index (κ3) is 5.82. The molecule has 0 radical (unpaired) electrons. The second-order valence-electron chi connectivity index (χ2n) is 6.34. The Morgan fingerprint density at radius 2 is 1.96 bits per heavy atom. The summed E-state index contributed by atoms with van der Waals surface area (Å²) in [5.74, 6) is -0.612. The third-order valence-corrected chi connectivity index (χ3v) is 3.86. The summed E-state index contributed by atoms with van der Waals surface area (Å²) in [6.07, 6.45) is 5.04. The second-order valence-corrected chi connectivity index (χ2v) is 6.34. The van der Waals surface area contributed by atoms with Gasteiger partial charge in [0.25, 0.3) is 5.91 Å². The highest BCUT2D eigenvalue weighted by molar-refractivity contribution is 6.05. The predicted molar refractivity (Wildman–Crippen MR) is 111 cm³/mol. The molecule has 146 valence electrons. The third-order valence-electron chi connectivity index (χ3n) is 3.86. The number of hydrogen-bond donors (Lipinski definition) is 4. The minimum atomic E-state index is -1.21. The maximum atomic E-state index is 12.3. The Morgan fingerprint density at radius 3 is 2.52 bits per heavy atom. The fraction of sp³-hybridized carbons (Fsp3) is 0.333. The van der Waals surface area contributed by atoms with Crippen LogP contribution in [0, 0.1) is 0 Å². The van der Waals surface area contributed by atoms with E-state index >= 15 is 0 Å². The minimum absolute atomic E-state index is 0.265. The molecule has 0 aliphatic carbocycles. The van der Waals surface area contributed by atoms with Crippen molar-refractivity contribution in [2.45, 2.75) is 39.3 Å². The van der Waals surface area contributed by atoms with E-state index in [9.17, 15) is 14.7 Å². The number of hydrogen-bond acceptors (Lipinski definition) is 4. The zero-order chi connectivity index (χ0) is 20.6. The number of anilines is 2. The summed E-state index contributed by atoms with van der Waals surface area (Å²) >= 11 is 0. The Kier molecular flexibility index (Phi) is 7.99. The molecule has 1 atom stereocenters. The molecule has 0 fully saturated rings. The highest BCUT2D eigenvalue weighted by Crippen LogP contribution is 2.30. The summed E-state index contributed by atoms with van der Waals surface area (Å²) < 4.78 is 0. The van der Waals surface area contributed by atoms with Crippen LogP contribution in [0.1, 0.15) is 38.1 Å². The van der Waals surface area contributed by atoms with Gasteiger partial charge in [0.15, 0.2) is 0 Å². The fourth-order valence-corrected chi connectivity index (χ4v) is 2.47. The standard InChI is InChI=1S/C19H23N3O3.C2H6/c1-5-7-12(6-2)11-20-17(23)13-8-9-14-15(10-13)22-18(24)16(21-14)19(3,4)25;1-2/h5-10,16,21,25H,1-2,11H2,3-4H3,(H,20,23)(H,22,24);1-2H3/b12-7+;. The van der Waals surface area contributed by atoms with Crippen molar-refractivity contribution in [1.82, 2.24) is 5.32 Å². The molecule has 0 saturated heterocycles. The van der Waals surface area contributed by atoms with Gasteiger partial charge >= 0.3 is 0 Å². The average molecular weight is 371 g/mol. The topological polar surface area (TPSA) is 90.5 Å². The van der Waals surface area contributed by atoms with Crippen molar-refractivity contribution in [3.63, 3.8) is 0 Å². The normalized spacial score (nSPS) is 16.0. The van der Waals surface area contributed by atoms with Gasteiger partial charge in [0.05, 0.1) is 17.0 Å². The lowest BCUT2D eigenvalue weighted by atomic mass is 9.95. The van der Waals surface area contributed by atoms with Gasteiger partial charge in [-0.25, -0.2) is 0 Å². The molecule has 1 heterocycles. The lowest BCUT2D eigenvalue weighted by Crippen LogP contribution is -2.52. The van der Waals surface area contributed by atoms with Gasteiger partial charge in [0.1, 0.15) is 6.04 Å². The molecule has 2 rings (SSSR count). The van der Waals surface area contributed by atoms with E-state index in [1.54, 1.807) is 50.3 Å². The van der Waals surface area contributed by atoms with E-state index in [1.807, 2.05) is 13.8 Å². The zero-order valence-corrected chi connectivity index (χ0v) is 16.4. The first-order valence-corrected chi connectivity index (χ1v) is 8.92. The van der Waals surface area contributed by atoms with E-state index in [1.165, 1.54) is 0 Å². The van der Waals surface area contributed by atoms with Crippen LogP contribution in [0.15, 0.2) is 55.2 Å². The molecule has 1 aliphatic rings. The predicted octanol–water partition coefficient (Wildman–Crippen LogP) is 3.24. The number of aliphatic hydroxyl groups is 1. The van der Waals surface area contributed by atoms with E-state index in [0.717, 1.165) is 5.57 Å². The highest BCUT2D eigenvalue weighted by Gasteiger charge is 2.36. The first-order valence-electron chi connectivity index (χ1n) is 8.92. The van der Waals surface area contributed by atoms with Crippen molar-refractivity contribution < 1.29 is 14.7 Å². The van der Waals surface area contributed by atoms with Gasteiger partial charge in [-0.05, 0) is 37.6 Å². The van der Waals surface area contributed by atoms with Crippen molar-refractivity contribution in [2.75, 3.05) is 17.2 Å². The number of carbonyl (C=O) groups is 2. The van der Waals surface area contributed by atoms with E-state index in [4.69, 9.17) is 0 Å². The lowest BCUT2D eigenvalue weighted by Gasteiger charge is -2.34. The van der Waals surface area contributed by atoms with Crippen molar-refractivity contribution >= 4 is 23.2 Å². The van der Waals surface area contributed by atoms with Crippen LogP contribution < -0.4 is 16.0 Å². The molecule has 1 aliphatic heterocycles. The fourth-order valence-electron chi connectivity index (χ4n) is 2.47. The second kappa shape index (κ2) is 9.73. The molecule has 27 heavy (non-hydrogen) atoms. The smallest absolute Gasteiger partial charge is 0.251 e. The van der Waals surface area contributed by atoms with Crippen LogP contribution in [0.3, 0.4) is 0 Å². The van der Waals surface area contributed by atoms with Gasteiger partial charge in [-0.3, -0.25) is 9.59 Å². The molecule has 6 nitrogen and oxygen atoms in total. The number of fused-ring (bicyclic) bond motifs is 1. The van der Waals surface area contributed by atoms with Gasteiger partial charge in [-0.2, -0.15) is 0 Å². The van der Waals surface area contributed by atoms with Crippen molar-refractivity contribution in [3.05, 3.63) is 60.7 Å². The minimum Gasteiger partial charge on any atom is -0.388 e. The molecular weight excluding hydrogens is 342 g/mol. The van der Waals surface area contributed by atoms with Crippen LogP contribution in [0.2, 0.25) is 0 Å². The van der Waals surface area contributed by atoms with E-state index < -0.39 is 11.6 Å². The Balaban J connectivity index is 0.00000176. The maximum absolute atomic E-state index is 12.3. The van der Waals surface area contributed by atoms with Gasteiger partial charge < -0.3 is 21.1 Å². The summed E-state index contributed by atoms with van der Waals surface area (Å²) in [6.45, 7) is 14.7. The van der Waals surface area contributed by atoms with E-state index in [0.29, 0.717) is 23.5 Å². The van der Waals surface area contributed by atoms with Crippen LogP contribution >= 0.6 is 0 Å². The van der Waals surface area contributed by atoms with Gasteiger partial charge in [0.2, 0.25) is 5.91 Å². The van der Waals surface area contributed by atoms with Gasteiger partial charge in [0, 0.05) is 12.1 Å². The molecule has 4 N–H and O–H groups in total. The monoisotopic (exact) mass is 371 g/mol. The Labute approximate surface area is 161 Å². The van der Waals surface area contributed by atoms with Crippen LogP contribution in [-0.4, -0.2) is 35.1 Å². The summed E-state index contributed by atoms with van der Waals surface area (Å²) in [6, 6.07) is 4.20. The van der Waals surface area contributed by atoms with Gasteiger partial charge in [-0.1, -0.05) is 45.2 Å². The quantitative estimate of drug-likeness (QED) is 0.578. The number of nitrogens with one attached hydrogen (secondary N) is 3. The van der Waals surface area contributed by atoms with Crippen LogP contribution in [0.25, 0.3) is 0 Å². The molecule has 1 aromatic carbocycles. The van der Waals surface area contributed by atoms with E-state index in [-0.39, 0.29) is 11.8 Å². The molecule has 0 aromatic heterocycles. The first-order chi connectivity index (χ1) is 12.8. The van der Waals surface area contributed by atoms with E-state index in [2.05, 4.69) is 29.1 Å². The van der Waals surface area contributed by atoms with Crippen LogP contribution in [-0.2, 0) is 4.79 Å². The molecule has 1 aromatic rings. The number of amides is 2. The maximum Gasteiger partial charge on any atom is 0.251 e. The highest BCUT2D eigenvalue weighted by atomic mass is 16.3. The zero-order valence-electron chi connectivity index (χ0n) is 16.4. The number of carbonyl (C=O) groups excluding carboxylic acids is 2. The van der Waals surface area contributed by atoms with Crippen LogP contribution in [0.4, 0.5) is 11.4 Å². The summed E-state index contributed by atoms with van der Waals surface area (Å²) in [5, 5.41) is 18.6. The lowest BCUT2D eigenvalue weighted by molar-refractivity contribution is -0.121. The Morgan fingerprint density at radius 1 is 1.30 bits per heavy atom. The van der Waals surface area contributed by atoms with Crippen molar-refractivity contribution in [3.8, 4) is 0 Å². The summed E-state index contributed by atoms with van der Waals surface area (Å²) in [4.78, 5) is 24.4. The number of benzene rings is 1. The Hall–Kier alpha value is -2.86. The SMILES string of the molecule is C=C/C=C(\C=C)CNC(=O)c1ccc2c(c1)NC(=O)C(C(C)(C)O)N2.CC. The van der Waals surface area contributed by atoms with Gasteiger partial charge in [-0.15, -0.1) is 0 Å². The molecule has 0 saturated carbocycles. The number of rotatable bonds is 6. The molecule has 0 spiro atoms. The van der Waals surface area contributed by atoms with Crippen molar-refractivity contribution in [2.24, 2.45) is 0 Å². The molecule has 6 heteroatoms. The molecular formula is C21H29N3O3. The molecule has 2 amide bonds. The van der Waals surface area contributed by atoms with Crippen molar-refractivity contribution in [1.29, 1.82) is 0 Å². The largest absolute Gasteiger partial charge is 0.388 e. The average Bonchev–Trinajstić information content (AvgIpc) is 2.64. The van der Waals surface area contributed by atoms with Crippen LogP contribution in [0.5, 0.6) is 0 Å². The first kappa shape index (κ1) is 22.2. The number of allylic oxidation sites excluding steroid dienone is 2. The summed E-state index contributed by atoms with van der Waals surface area (Å²) in [5.41, 5.74) is 1.20. The molecule has 1 unspecified atom stereocenters. The molecule has 0 bridgehead atoms.